The second-order valence-corrected chi connectivity index (χ2v) is 3.07. The number of thioether (sulfide) groups is 1. The monoisotopic (exact) mass is 163 g/mol. The van der Waals surface area contributed by atoms with Gasteiger partial charge in [0.25, 0.3) is 0 Å². The van der Waals surface area contributed by atoms with E-state index in [1.807, 2.05) is 6.26 Å². The van der Waals surface area contributed by atoms with Crippen molar-refractivity contribution < 1.29 is 9.90 Å². The van der Waals surface area contributed by atoms with E-state index in [1.165, 1.54) is 0 Å². The van der Waals surface area contributed by atoms with Crippen LogP contribution in [-0.2, 0) is 4.79 Å². The summed E-state index contributed by atoms with van der Waals surface area (Å²) in [6.45, 7) is 0.465. The van der Waals surface area contributed by atoms with Crippen molar-refractivity contribution in [2.75, 3.05) is 18.6 Å². The van der Waals surface area contributed by atoms with Crippen molar-refractivity contribution in [1.82, 2.24) is 0 Å². The molecule has 0 aliphatic heterocycles. The van der Waals surface area contributed by atoms with Crippen LogP contribution in [0.2, 0.25) is 0 Å². The lowest BCUT2D eigenvalue weighted by molar-refractivity contribution is -0.137. The lowest BCUT2D eigenvalue weighted by Crippen LogP contribution is -2.19. The number of hydrogen-bond donors (Lipinski definition) is 2. The Morgan fingerprint density at radius 1 is 1.80 bits per heavy atom. The number of carboxylic acid groups (broad SMARTS) is 1. The van der Waals surface area contributed by atoms with Gasteiger partial charge in [-0.2, -0.15) is 11.8 Å². The average Bonchev–Trinajstić information content (AvgIpc) is 1.86. The Bertz CT molecular complexity index is 108. The van der Waals surface area contributed by atoms with Gasteiger partial charge in [-0.15, -0.1) is 0 Å². The van der Waals surface area contributed by atoms with E-state index in [9.17, 15) is 4.79 Å². The second kappa shape index (κ2) is 5.56. The Morgan fingerprint density at radius 3 is 2.70 bits per heavy atom. The van der Waals surface area contributed by atoms with E-state index < -0.39 is 5.97 Å². The maximum atomic E-state index is 10.2. The van der Waals surface area contributed by atoms with Crippen LogP contribution in [-0.4, -0.2) is 29.6 Å². The molecule has 0 saturated heterocycles. The third-order valence-electron chi connectivity index (χ3n) is 1.20. The van der Waals surface area contributed by atoms with Gasteiger partial charge in [0.2, 0.25) is 0 Å². The molecule has 0 saturated carbocycles. The van der Waals surface area contributed by atoms with E-state index in [1.54, 1.807) is 11.8 Å². The Morgan fingerprint density at radius 2 is 2.40 bits per heavy atom. The maximum Gasteiger partial charge on any atom is 0.303 e. The van der Waals surface area contributed by atoms with Crippen LogP contribution in [0.5, 0.6) is 0 Å². The number of nitrogens with two attached hydrogens (primary N) is 1. The molecule has 1 atom stereocenters. The van der Waals surface area contributed by atoms with Crippen molar-refractivity contribution in [2.24, 2.45) is 11.7 Å². The predicted molar refractivity (Wildman–Crippen MR) is 43.2 cm³/mol. The zero-order chi connectivity index (χ0) is 7.98. The largest absolute Gasteiger partial charge is 0.481 e. The lowest BCUT2D eigenvalue weighted by Gasteiger charge is -2.08. The molecule has 0 amide bonds. The molecule has 0 aromatic heterocycles. The summed E-state index contributed by atoms with van der Waals surface area (Å²) in [7, 11) is 0. The Balaban J connectivity index is 3.49. The summed E-state index contributed by atoms with van der Waals surface area (Å²) in [4.78, 5) is 10.2. The molecular weight excluding hydrogens is 150 g/mol. The van der Waals surface area contributed by atoms with E-state index >= 15 is 0 Å². The fourth-order valence-electron chi connectivity index (χ4n) is 0.693. The summed E-state index contributed by atoms with van der Waals surface area (Å²) in [5.41, 5.74) is 5.33. The molecule has 0 aliphatic rings. The van der Waals surface area contributed by atoms with Crippen LogP contribution in [0.4, 0.5) is 0 Å². The van der Waals surface area contributed by atoms with E-state index in [4.69, 9.17) is 10.8 Å². The molecule has 0 aromatic carbocycles. The van der Waals surface area contributed by atoms with Gasteiger partial charge in [0.05, 0.1) is 6.42 Å². The van der Waals surface area contributed by atoms with Gasteiger partial charge in [-0.05, 0) is 24.5 Å². The molecule has 4 heteroatoms. The van der Waals surface area contributed by atoms with Crippen LogP contribution in [0.1, 0.15) is 6.42 Å². The smallest absolute Gasteiger partial charge is 0.303 e. The van der Waals surface area contributed by atoms with Crippen molar-refractivity contribution >= 4 is 17.7 Å². The van der Waals surface area contributed by atoms with Crippen LogP contribution < -0.4 is 5.73 Å². The maximum absolute atomic E-state index is 10.2. The van der Waals surface area contributed by atoms with Crippen molar-refractivity contribution in [1.29, 1.82) is 0 Å². The summed E-state index contributed by atoms with van der Waals surface area (Å²) in [5.74, 6) is 0.208. The van der Waals surface area contributed by atoms with Gasteiger partial charge < -0.3 is 10.8 Å². The van der Waals surface area contributed by atoms with Gasteiger partial charge in [-0.25, -0.2) is 0 Å². The number of carboxylic acids is 1. The lowest BCUT2D eigenvalue weighted by atomic mass is 10.1. The fourth-order valence-corrected chi connectivity index (χ4v) is 1.42. The highest BCUT2D eigenvalue weighted by atomic mass is 32.2. The van der Waals surface area contributed by atoms with Gasteiger partial charge in [0.1, 0.15) is 0 Å². The molecule has 3 nitrogen and oxygen atoms in total. The summed E-state index contributed by atoms with van der Waals surface area (Å²) in [5, 5.41) is 8.38. The van der Waals surface area contributed by atoms with Gasteiger partial charge >= 0.3 is 5.97 Å². The molecule has 0 heterocycles. The average molecular weight is 163 g/mol. The Labute approximate surface area is 65.0 Å². The van der Waals surface area contributed by atoms with Crippen molar-refractivity contribution in [3.8, 4) is 0 Å². The quantitative estimate of drug-likeness (QED) is 0.615. The third kappa shape index (κ3) is 4.64. The fraction of sp³-hybridized carbons (Fsp3) is 0.833. The normalized spacial score (nSPS) is 13.0. The minimum absolute atomic E-state index is 0.132. The van der Waals surface area contributed by atoms with Crippen molar-refractivity contribution in [2.45, 2.75) is 6.42 Å². The van der Waals surface area contributed by atoms with Crippen LogP contribution in [0.3, 0.4) is 0 Å². The first-order valence-corrected chi connectivity index (χ1v) is 4.51. The Hall–Kier alpha value is -0.220. The molecule has 0 fully saturated rings. The summed E-state index contributed by atoms with van der Waals surface area (Å²) >= 11 is 1.63. The van der Waals surface area contributed by atoms with Gasteiger partial charge in [0, 0.05) is 0 Å². The van der Waals surface area contributed by atoms with Gasteiger partial charge in [-0.3, -0.25) is 4.79 Å². The zero-order valence-electron chi connectivity index (χ0n) is 6.04. The van der Waals surface area contributed by atoms with Crippen LogP contribution in [0, 0.1) is 5.92 Å². The van der Waals surface area contributed by atoms with E-state index in [0.717, 1.165) is 5.75 Å². The van der Waals surface area contributed by atoms with Crippen molar-refractivity contribution in [3.63, 3.8) is 0 Å². The highest BCUT2D eigenvalue weighted by molar-refractivity contribution is 7.98. The predicted octanol–water partition coefficient (Wildman–Crippen LogP) is 0.399. The highest BCUT2D eigenvalue weighted by Gasteiger charge is 2.09. The molecule has 0 aliphatic carbocycles. The van der Waals surface area contributed by atoms with Gasteiger partial charge in [0.15, 0.2) is 0 Å². The number of hydrogen-bond acceptors (Lipinski definition) is 3. The van der Waals surface area contributed by atoms with Gasteiger partial charge in [-0.1, -0.05) is 0 Å². The molecule has 10 heavy (non-hydrogen) atoms. The minimum atomic E-state index is -0.760. The van der Waals surface area contributed by atoms with Crippen LogP contribution in [0.25, 0.3) is 0 Å². The first-order chi connectivity index (χ1) is 4.70. The Kier molecular flexibility index (Phi) is 5.43. The number of rotatable bonds is 5. The van der Waals surface area contributed by atoms with Crippen LogP contribution >= 0.6 is 11.8 Å². The standard InChI is InChI=1S/C6H13NO2S/c1-10-4-5(3-7)2-6(8)9/h5H,2-4,7H2,1H3,(H,8,9). The molecular formula is C6H13NO2S. The van der Waals surface area contributed by atoms with Crippen LogP contribution in [0.15, 0.2) is 0 Å². The molecule has 0 spiro atoms. The number of aliphatic carboxylic acids is 1. The molecule has 3 N–H and O–H groups in total. The molecule has 0 bridgehead atoms. The zero-order valence-corrected chi connectivity index (χ0v) is 6.86. The summed E-state index contributed by atoms with van der Waals surface area (Å²) in [6.07, 6.45) is 2.14. The third-order valence-corrected chi connectivity index (χ3v) is 2.00. The topological polar surface area (TPSA) is 63.3 Å². The summed E-state index contributed by atoms with van der Waals surface area (Å²) < 4.78 is 0. The SMILES string of the molecule is CSCC(CN)CC(=O)O. The van der Waals surface area contributed by atoms with Crippen molar-refractivity contribution in [3.05, 3.63) is 0 Å². The first-order valence-electron chi connectivity index (χ1n) is 3.11. The first kappa shape index (κ1) is 9.78. The van der Waals surface area contributed by atoms with E-state index in [2.05, 4.69) is 0 Å². The summed E-state index contributed by atoms with van der Waals surface area (Å²) in [6, 6.07) is 0. The van der Waals surface area contributed by atoms with E-state index in [-0.39, 0.29) is 12.3 Å². The molecule has 0 rings (SSSR count). The van der Waals surface area contributed by atoms with E-state index in [0.29, 0.717) is 6.54 Å². The molecule has 1 unspecified atom stereocenters. The molecule has 0 radical (unpaired) electrons. The number of carbonyl (C=O) groups is 1. The minimum Gasteiger partial charge on any atom is -0.481 e. The second-order valence-electron chi connectivity index (χ2n) is 2.15. The highest BCUT2D eigenvalue weighted by Crippen LogP contribution is 2.07. The molecule has 60 valence electrons. The molecule has 0 aromatic rings.